The highest BCUT2D eigenvalue weighted by Crippen LogP contribution is 2.65. The summed E-state index contributed by atoms with van der Waals surface area (Å²) in [4.78, 5) is 42.5. The van der Waals surface area contributed by atoms with Crippen molar-refractivity contribution >= 4 is 25.3 Å². The largest absolute Gasteiger partial charge is 0.456 e. The highest BCUT2D eigenvalue weighted by molar-refractivity contribution is 6.23. The predicted octanol–water partition coefficient (Wildman–Crippen LogP) is 2.21. The number of esters is 2. The fourth-order valence-electron chi connectivity index (χ4n) is 9.30. The molecule has 273 valence electrons. The predicted molar refractivity (Wildman–Crippen MR) is 184 cm³/mol. The molecular formula is C38H47BNO11. The summed E-state index contributed by atoms with van der Waals surface area (Å²) in [5.41, 5.74) is -4.91. The average Bonchev–Trinajstić information content (AvgIpc) is 3.11. The van der Waals surface area contributed by atoms with E-state index >= 15 is 0 Å². The van der Waals surface area contributed by atoms with Gasteiger partial charge in [0.15, 0.2) is 11.9 Å². The molecule has 3 fully saturated rings. The van der Waals surface area contributed by atoms with E-state index in [4.69, 9.17) is 18.9 Å². The number of aliphatic hydroxyl groups excluding tert-OH is 3. The van der Waals surface area contributed by atoms with Crippen LogP contribution >= 0.6 is 0 Å². The Labute approximate surface area is 298 Å². The minimum Gasteiger partial charge on any atom is -0.456 e. The van der Waals surface area contributed by atoms with Crippen LogP contribution in [-0.2, 0) is 28.5 Å². The monoisotopic (exact) mass is 704 g/mol. The number of carbonyl (C=O) groups excluding carboxylic acids is 3. The Morgan fingerprint density at radius 1 is 1.00 bits per heavy atom. The van der Waals surface area contributed by atoms with E-state index in [0.29, 0.717) is 11.1 Å². The number of Topliss-reactive ketones (excluding diaryl/α,β-unsaturated/α-hetero) is 1. The quantitative estimate of drug-likeness (QED) is 0.146. The van der Waals surface area contributed by atoms with Crippen LogP contribution in [0.5, 0.6) is 0 Å². The molecule has 1 radical (unpaired) electrons. The Hall–Kier alpha value is -3.43. The number of fused-ring (bicyclic) bond motifs is 5. The second-order valence-electron chi connectivity index (χ2n) is 15.4. The first-order valence-electron chi connectivity index (χ1n) is 17.3. The van der Waals surface area contributed by atoms with Crippen LogP contribution in [-0.4, -0.2) is 102 Å². The van der Waals surface area contributed by atoms with Crippen molar-refractivity contribution in [2.24, 2.45) is 22.2 Å². The summed E-state index contributed by atoms with van der Waals surface area (Å²) in [7, 11) is 2.64. The van der Waals surface area contributed by atoms with E-state index in [-0.39, 0.29) is 30.6 Å². The lowest BCUT2D eigenvalue weighted by atomic mass is 9.42. The molecule has 5 N–H and O–H groups in total. The van der Waals surface area contributed by atoms with Gasteiger partial charge in [0.2, 0.25) is 0 Å². The summed E-state index contributed by atoms with van der Waals surface area (Å²) < 4.78 is 23.3. The standard InChI is InChI=1S/C38H47BNO11/c1-20-23(50-34(46)29(43)27(40-39-48-6)21-13-9-7-10-14-21)18-38(47)32(51-33(45)22-15-11-8-12-16-22)30-36(4)19-49-25(36)17-24(41)37(30,5)31(44)28(42)26(20)35(38,2)3/h7-16,23-25,27-30,32,40-43,47H,17-19H2,1-6H3/t23-,24-,25+,27-,28+,29+,30+,32-,36+,37+,38+/m0/s1. The zero-order valence-corrected chi connectivity index (χ0v) is 29.7. The van der Waals surface area contributed by atoms with Crippen molar-refractivity contribution < 1.29 is 53.7 Å². The summed E-state index contributed by atoms with van der Waals surface area (Å²) in [6, 6.07) is 16.0. The van der Waals surface area contributed by atoms with E-state index in [9.17, 15) is 34.8 Å². The minimum absolute atomic E-state index is 0.0868. The lowest BCUT2D eigenvalue weighted by Gasteiger charge is -2.68. The molecule has 2 bridgehead atoms. The normalized spacial score (nSPS) is 36.6. The third kappa shape index (κ3) is 5.78. The molecule has 3 aliphatic carbocycles. The Morgan fingerprint density at radius 3 is 2.22 bits per heavy atom. The molecular weight excluding hydrogens is 657 g/mol. The van der Waals surface area contributed by atoms with Gasteiger partial charge in [0.25, 0.3) is 0 Å². The van der Waals surface area contributed by atoms with Gasteiger partial charge in [0.05, 0.1) is 35.8 Å². The summed E-state index contributed by atoms with van der Waals surface area (Å²) in [6.07, 6.45) is -8.33. The van der Waals surface area contributed by atoms with Crippen molar-refractivity contribution in [2.45, 2.75) is 95.7 Å². The van der Waals surface area contributed by atoms with E-state index in [1.807, 2.05) is 6.92 Å². The van der Waals surface area contributed by atoms with Gasteiger partial charge in [-0.25, -0.2) is 9.59 Å². The smallest absolute Gasteiger partial charge is 0.396 e. The maximum absolute atomic E-state index is 14.7. The van der Waals surface area contributed by atoms with Crippen LogP contribution in [0.2, 0.25) is 0 Å². The molecule has 1 saturated heterocycles. The van der Waals surface area contributed by atoms with Crippen molar-refractivity contribution in [1.29, 1.82) is 0 Å². The average molecular weight is 705 g/mol. The van der Waals surface area contributed by atoms with Gasteiger partial charge >= 0.3 is 19.6 Å². The number of benzene rings is 2. The number of ether oxygens (including phenoxy) is 3. The third-order valence-corrected chi connectivity index (χ3v) is 12.4. The van der Waals surface area contributed by atoms with Crippen molar-refractivity contribution in [3.63, 3.8) is 0 Å². The van der Waals surface area contributed by atoms with E-state index in [2.05, 4.69) is 5.23 Å². The highest BCUT2D eigenvalue weighted by atomic mass is 16.6. The van der Waals surface area contributed by atoms with Crippen LogP contribution < -0.4 is 5.23 Å². The lowest BCUT2D eigenvalue weighted by molar-refractivity contribution is -0.313. The van der Waals surface area contributed by atoms with Crippen LogP contribution in [0.15, 0.2) is 71.8 Å². The number of nitrogens with one attached hydrogen (secondary N) is 1. The van der Waals surface area contributed by atoms with Crippen molar-refractivity contribution in [1.82, 2.24) is 5.23 Å². The number of ketones is 1. The zero-order chi connectivity index (χ0) is 37.1. The first kappa shape index (κ1) is 37.3. The van der Waals surface area contributed by atoms with Crippen LogP contribution in [0.4, 0.5) is 0 Å². The molecule has 1 aliphatic heterocycles. The highest BCUT2D eigenvalue weighted by Gasteiger charge is 2.75. The molecule has 12 nitrogen and oxygen atoms in total. The van der Waals surface area contributed by atoms with Gasteiger partial charge in [-0.1, -0.05) is 69.3 Å². The molecule has 2 aromatic rings. The van der Waals surface area contributed by atoms with Crippen molar-refractivity contribution in [3.05, 3.63) is 82.9 Å². The molecule has 6 rings (SSSR count). The molecule has 4 aliphatic rings. The SMILES string of the molecule is CO[B]N[C@@H](c1ccccc1)[C@@H](O)C(=O)O[C@H]1C[C@@]2(O)[C@@H](OC(=O)c3ccccc3)[C@@H]3[C@]4(C)CO[C@@H]4C[C@H](O)[C@@]3(C)C(=O)[C@H](O)C(=C1C)C2(C)C. The maximum Gasteiger partial charge on any atom is 0.396 e. The molecule has 51 heavy (non-hydrogen) atoms. The Morgan fingerprint density at radius 2 is 1.63 bits per heavy atom. The summed E-state index contributed by atoms with van der Waals surface area (Å²) in [5.74, 6) is -3.54. The molecule has 0 amide bonds. The number of aliphatic hydroxyl groups is 4. The van der Waals surface area contributed by atoms with E-state index in [1.54, 1.807) is 88.4 Å². The van der Waals surface area contributed by atoms with E-state index in [0.717, 1.165) is 0 Å². The number of hydrogen-bond donors (Lipinski definition) is 5. The van der Waals surface area contributed by atoms with Crippen molar-refractivity contribution in [3.8, 4) is 0 Å². The van der Waals surface area contributed by atoms with Gasteiger partial charge in [0, 0.05) is 36.7 Å². The first-order chi connectivity index (χ1) is 24.0. The van der Waals surface area contributed by atoms with Gasteiger partial charge in [-0.05, 0) is 42.7 Å². The second kappa shape index (κ2) is 13.5. The molecule has 11 atom stereocenters. The van der Waals surface area contributed by atoms with Crippen LogP contribution in [0.1, 0.15) is 69.4 Å². The van der Waals surface area contributed by atoms with Gasteiger partial charge in [-0.15, -0.1) is 0 Å². The van der Waals surface area contributed by atoms with Gasteiger partial charge in [-0.2, -0.15) is 0 Å². The molecule has 2 saturated carbocycles. The Bertz CT molecular complexity index is 1690. The van der Waals surface area contributed by atoms with Crippen LogP contribution in [0.3, 0.4) is 0 Å². The number of rotatable bonds is 9. The van der Waals surface area contributed by atoms with Crippen LogP contribution in [0.25, 0.3) is 0 Å². The Balaban J connectivity index is 1.47. The topological polar surface area (TPSA) is 181 Å². The number of carbonyl (C=O) groups is 3. The third-order valence-electron chi connectivity index (χ3n) is 12.4. The lowest BCUT2D eigenvalue weighted by Crippen LogP contribution is -2.77. The fourth-order valence-corrected chi connectivity index (χ4v) is 9.30. The van der Waals surface area contributed by atoms with Crippen LogP contribution in [0, 0.1) is 22.2 Å². The molecule has 0 spiro atoms. The maximum atomic E-state index is 14.7. The zero-order valence-electron chi connectivity index (χ0n) is 29.7. The minimum atomic E-state index is -2.09. The fraction of sp³-hybridized carbons (Fsp3) is 0.553. The van der Waals surface area contributed by atoms with E-state index in [1.165, 1.54) is 14.7 Å². The second-order valence-corrected chi connectivity index (χ2v) is 15.4. The molecule has 13 heteroatoms. The summed E-state index contributed by atoms with van der Waals surface area (Å²) >= 11 is 0. The van der Waals surface area contributed by atoms with E-state index < -0.39 is 88.2 Å². The van der Waals surface area contributed by atoms with Gasteiger partial charge < -0.3 is 44.5 Å². The first-order valence-corrected chi connectivity index (χ1v) is 17.3. The van der Waals surface area contributed by atoms with Gasteiger partial charge in [-0.3, -0.25) is 4.79 Å². The molecule has 1 heterocycles. The molecule has 2 aromatic carbocycles. The molecule has 0 aromatic heterocycles. The Kier molecular flexibility index (Phi) is 9.90. The summed E-state index contributed by atoms with van der Waals surface area (Å²) in [6.45, 7) is 8.52. The number of hydrogen-bond acceptors (Lipinski definition) is 12. The molecule has 0 unspecified atom stereocenters. The van der Waals surface area contributed by atoms with Gasteiger partial charge in [0.1, 0.15) is 23.9 Å². The summed E-state index contributed by atoms with van der Waals surface area (Å²) in [5, 5.41) is 51.2. The van der Waals surface area contributed by atoms with Crippen molar-refractivity contribution in [2.75, 3.05) is 13.7 Å².